The number of anilines is 1. The van der Waals surface area contributed by atoms with Crippen LogP contribution in [0, 0.1) is 0 Å². The summed E-state index contributed by atoms with van der Waals surface area (Å²) in [6.45, 7) is 7.75. The van der Waals surface area contributed by atoms with E-state index in [2.05, 4.69) is 20.5 Å². The molecule has 2 heterocycles. The summed E-state index contributed by atoms with van der Waals surface area (Å²) in [4.78, 5) is 34.7. The van der Waals surface area contributed by atoms with Crippen molar-refractivity contribution in [1.82, 2.24) is 15.5 Å². The number of aliphatic imine (C=N–C) groups is 1. The summed E-state index contributed by atoms with van der Waals surface area (Å²) < 4.78 is 16.2. The van der Waals surface area contributed by atoms with Gasteiger partial charge in [-0.25, -0.2) is 4.99 Å². The fraction of sp³-hybridized carbons (Fsp3) is 0.414. The number of ether oxygens (including phenoxy) is 3. The molecule has 0 bridgehead atoms. The molecule has 4 rings (SSSR count). The number of rotatable bonds is 8. The van der Waals surface area contributed by atoms with Gasteiger partial charge in [-0.3, -0.25) is 9.59 Å². The predicted octanol–water partition coefficient (Wildman–Crippen LogP) is 2.87. The zero-order chi connectivity index (χ0) is 28.0. The van der Waals surface area contributed by atoms with Crippen LogP contribution >= 0.6 is 0 Å². The number of carbonyl (C=O) groups is 2. The second kappa shape index (κ2) is 12.1. The third kappa shape index (κ3) is 7.22. The maximum atomic E-state index is 13.8. The number of nitrogens with zero attached hydrogens (tertiary/aromatic N) is 3. The second-order valence-corrected chi connectivity index (χ2v) is 10.3. The minimum absolute atomic E-state index is 0.0611. The molecule has 2 aromatic rings. The Labute approximate surface area is 229 Å². The molecule has 10 nitrogen and oxygen atoms in total. The van der Waals surface area contributed by atoms with Gasteiger partial charge >= 0.3 is 5.97 Å². The standard InChI is InChI=1S/C29H37N5O5/c1-29(2,3)39-25(35)19-30-24-18-31-26(20-9-7-6-8-10-20)27(32-24)28(36)34-13-11-33(12-14-34)21-15-22(37-4)17-23(16-21)38-5/h6-10,15-18,26,30-31H,11-14,19H2,1-5H3. The normalized spacial score (nSPS) is 17.4. The van der Waals surface area contributed by atoms with E-state index in [-0.39, 0.29) is 12.5 Å². The molecule has 0 saturated carbocycles. The van der Waals surface area contributed by atoms with E-state index in [0.29, 0.717) is 37.7 Å². The minimum atomic E-state index is -0.584. The molecule has 10 heteroatoms. The van der Waals surface area contributed by atoms with Gasteiger partial charge in [-0.2, -0.15) is 0 Å². The summed E-state index contributed by atoms with van der Waals surface area (Å²) in [5.74, 6) is 1.29. The average Bonchev–Trinajstić information content (AvgIpc) is 2.95. The molecule has 1 atom stereocenters. The quantitative estimate of drug-likeness (QED) is 0.498. The van der Waals surface area contributed by atoms with Crippen LogP contribution in [0.3, 0.4) is 0 Å². The molecule has 1 saturated heterocycles. The first-order valence-corrected chi connectivity index (χ1v) is 13.0. The van der Waals surface area contributed by atoms with E-state index in [9.17, 15) is 9.59 Å². The highest BCUT2D eigenvalue weighted by Gasteiger charge is 2.32. The number of benzene rings is 2. The summed E-state index contributed by atoms with van der Waals surface area (Å²) in [5, 5.41) is 6.28. The fourth-order valence-electron chi connectivity index (χ4n) is 4.47. The Morgan fingerprint density at radius 3 is 2.23 bits per heavy atom. The number of esters is 1. The molecule has 0 aliphatic carbocycles. The van der Waals surface area contributed by atoms with Gasteiger partial charge in [-0.05, 0) is 26.3 Å². The van der Waals surface area contributed by atoms with E-state index in [0.717, 1.165) is 22.7 Å². The van der Waals surface area contributed by atoms with E-state index in [1.165, 1.54) is 0 Å². The first-order valence-electron chi connectivity index (χ1n) is 13.0. The maximum absolute atomic E-state index is 13.8. The van der Waals surface area contributed by atoms with Gasteiger partial charge in [0.15, 0.2) is 0 Å². The highest BCUT2D eigenvalue weighted by molar-refractivity contribution is 6.41. The Kier molecular flexibility index (Phi) is 8.63. The summed E-state index contributed by atoms with van der Waals surface area (Å²) in [6, 6.07) is 15.1. The van der Waals surface area contributed by atoms with Crippen LogP contribution in [0.5, 0.6) is 11.5 Å². The molecule has 1 unspecified atom stereocenters. The molecule has 2 aliphatic rings. The molecule has 2 aromatic carbocycles. The Morgan fingerprint density at radius 1 is 1.00 bits per heavy atom. The van der Waals surface area contributed by atoms with Crippen molar-refractivity contribution in [2.45, 2.75) is 32.4 Å². The number of piperazine rings is 1. The van der Waals surface area contributed by atoms with E-state index in [1.54, 1.807) is 20.4 Å². The lowest BCUT2D eigenvalue weighted by Crippen LogP contribution is -2.52. The van der Waals surface area contributed by atoms with E-state index in [4.69, 9.17) is 14.2 Å². The summed E-state index contributed by atoms with van der Waals surface area (Å²) in [6.07, 6.45) is 1.69. The number of carbonyl (C=O) groups excluding carboxylic acids is 2. The van der Waals surface area contributed by atoms with Gasteiger partial charge in [-0.1, -0.05) is 30.3 Å². The number of methoxy groups -OCH3 is 2. The lowest BCUT2D eigenvalue weighted by molar-refractivity contribution is -0.153. The van der Waals surface area contributed by atoms with Crippen LogP contribution in [0.4, 0.5) is 5.69 Å². The number of hydrogen-bond donors (Lipinski definition) is 2. The largest absolute Gasteiger partial charge is 0.497 e. The van der Waals surface area contributed by atoms with E-state index in [1.807, 2.05) is 74.2 Å². The third-order valence-corrected chi connectivity index (χ3v) is 6.36. The van der Waals surface area contributed by atoms with Crippen LogP contribution in [0.1, 0.15) is 32.4 Å². The van der Waals surface area contributed by atoms with Crippen molar-refractivity contribution >= 4 is 23.3 Å². The van der Waals surface area contributed by atoms with Crippen molar-refractivity contribution < 1.29 is 23.8 Å². The van der Waals surface area contributed by atoms with Gasteiger partial charge in [0, 0.05) is 56.3 Å². The Morgan fingerprint density at radius 2 is 1.64 bits per heavy atom. The average molecular weight is 536 g/mol. The summed E-state index contributed by atoms with van der Waals surface area (Å²) in [5.41, 5.74) is 1.69. The van der Waals surface area contributed by atoms with Crippen molar-refractivity contribution in [2.75, 3.05) is 51.8 Å². The molecule has 0 spiro atoms. The highest BCUT2D eigenvalue weighted by Crippen LogP contribution is 2.29. The minimum Gasteiger partial charge on any atom is -0.497 e. The Balaban J connectivity index is 1.48. The van der Waals surface area contributed by atoms with Crippen LogP contribution in [0.15, 0.2) is 65.5 Å². The van der Waals surface area contributed by atoms with Gasteiger partial charge < -0.3 is 34.6 Å². The predicted molar refractivity (Wildman–Crippen MR) is 150 cm³/mol. The smallest absolute Gasteiger partial charge is 0.325 e. The fourth-order valence-corrected chi connectivity index (χ4v) is 4.47. The van der Waals surface area contributed by atoms with Crippen molar-refractivity contribution in [1.29, 1.82) is 0 Å². The lowest BCUT2D eigenvalue weighted by atomic mass is 10.00. The van der Waals surface area contributed by atoms with E-state index >= 15 is 0 Å². The lowest BCUT2D eigenvalue weighted by Gasteiger charge is -2.37. The Bertz CT molecular complexity index is 1210. The molecule has 208 valence electrons. The molecule has 1 fully saturated rings. The van der Waals surface area contributed by atoms with Crippen LogP contribution in [-0.4, -0.2) is 75.0 Å². The SMILES string of the molecule is COc1cc(OC)cc(N2CCN(C(=O)C3=NC(NCC(=O)OC(C)(C)C)=CNC3c3ccccc3)CC2)c1. The van der Waals surface area contributed by atoms with Crippen LogP contribution in [0.2, 0.25) is 0 Å². The van der Waals surface area contributed by atoms with E-state index < -0.39 is 17.6 Å². The van der Waals surface area contributed by atoms with Crippen molar-refractivity contribution in [3.8, 4) is 11.5 Å². The van der Waals surface area contributed by atoms with Crippen LogP contribution < -0.4 is 25.0 Å². The van der Waals surface area contributed by atoms with Crippen molar-refractivity contribution in [2.24, 2.45) is 4.99 Å². The molecule has 1 amide bonds. The maximum Gasteiger partial charge on any atom is 0.325 e. The first kappa shape index (κ1) is 27.8. The molecule has 2 N–H and O–H groups in total. The molecule has 2 aliphatic heterocycles. The monoisotopic (exact) mass is 535 g/mol. The van der Waals surface area contributed by atoms with Gasteiger partial charge in [0.1, 0.15) is 35.2 Å². The molecular formula is C29H37N5O5. The van der Waals surface area contributed by atoms with Gasteiger partial charge in [-0.15, -0.1) is 0 Å². The molecule has 39 heavy (non-hydrogen) atoms. The topological polar surface area (TPSA) is 105 Å². The van der Waals surface area contributed by atoms with Crippen LogP contribution in [0.25, 0.3) is 0 Å². The van der Waals surface area contributed by atoms with Gasteiger partial charge in [0.2, 0.25) is 0 Å². The van der Waals surface area contributed by atoms with Crippen molar-refractivity contribution in [3.63, 3.8) is 0 Å². The summed E-state index contributed by atoms with van der Waals surface area (Å²) >= 11 is 0. The Hall–Kier alpha value is -4.21. The second-order valence-electron chi connectivity index (χ2n) is 10.3. The van der Waals surface area contributed by atoms with Gasteiger partial charge in [0.05, 0.1) is 20.3 Å². The zero-order valence-electron chi connectivity index (χ0n) is 23.2. The molecule has 0 aromatic heterocycles. The number of hydrogen-bond acceptors (Lipinski definition) is 9. The summed E-state index contributed by atoms with van der Waals surface area (Å²) in [7, 11) is 3.25. The number of amides is 1. The highest BCUT2D eigenvalue weighted by atomic mass is 16.6. The van der Waals surface area contributed by atoms with Crippen LogP contribution in [-0.2, 0) is 14.3 Å². The molecular weight excluding hydrogens is 498 g/mol. The first-order chi connectivity index (χ1) is 18.7. The zero-order valence-corrected chi connectivity index (χ0v) is 23.2. The van der Waals surface area contributed by atoms with Gasteiger partial charge in [0.25, 0.3) is 5.91 Å². The third-order valence-electron chi connectivity index (χ3n) is 6.36. The van der Waals surface area contributed by atoms with Crippen molar-refractivity contribution in [3.05, 3.63) is 66.1 Å². The molecule has 0 radical (unpaired) electrons. The number of nitrogens with one attached hydrogen (secondary N) is 2.